The summed E-state index contributed by atoms with van der Waals surface area (Å²) in [6, 6.07) is 33.2. The van der Waals surface area contributed by atoms with Crippen molar-refractivity contribution in [1.82, 2.24) is 0 Å². The molecule has 4 aromatic rings. The van der Waals surface area contributed by atoms with Gasteiger partial charge in [0.15, 0.2) is 0 Å². The zero-order valence-electron chi connectivity index (χ0n) is 30.9. The van der Waals surface area contributed by atoms with Gasteiger partial charge in [-0.05, 0) is 0 Å². The molecular formula is C46H57HfSi. The van der Waals surface area contributed by atoms with Crippen LogP contribution in [0, 0.1) is 11.8 Å². The predicted octanol–water partition coefficient (Wildman–Crippen LogP) is 13.2. The van der Waals surface area contributed by atoms with E-state index in [2.05, 4.69) is 152 Å². The third-order valence-corrected chi connectivity index (χ3v) is 41.7. The van der Waals surface area contributed by atoms with Crippen LogP contribution in [0.2, 0.25) is 13.1 Å². The van der Waals surface area contributed by atoms with E-state index in [9.17, 15) is 0 Å². The van der Waals surface area contributed by atoms with Gasteiger partial charge in [0.05, 0.1) is 0 Å². The van der Waals surface area contributed by atoms with Crippen LogP contribution in [-0.4, -0.2) is 5.98 Å². The first-order valence-corrected chi connectivity index (χ1v) is 32.2. The first-order valence-electron chi connectivity index (χ1n) is 19.0. The van der Waals surface area contributed by atoms with Crippen molar-refractivity contribution in [2.24, 2.45) is 11.8 Å². The molecule has 249 valence electrons. The van der Waals surface area contributed by atoms with Crippen LogP contribution in [0.1, 0.15) is 108 Å². The molecule has 0 saturated carbocycles. The maximum atomic E-state index is 2.72. The van der Waals surface area contributed by atoms with Crippen LogP contribution in [0.15, 0.2) is 96.1 Å². The Morgan fingerprint density at radius 1 is 0.542 bits per heavy atom. The molecule has 2 atom stereocenters. The number of aryl methyl sites for hydroxylation is 2. The fraction of sp³-hybridized carbons (Fsp3) is 0.391. The molecule has 0 aliphatic heterocycles. The second-order valence-corrected chi connectivity index (χ2v) is 43.2. The molecular weight excluding hydrogens is 759 g/mol. The van der Waals surface area contributed by atoms with E-state index in [1.54, 1.807) is 33.4 Å². The Bertz CT molecular complexity index is 1680. The number of unbranched alkanes of at least 4 members (excludes halogenated alkanes) is 2. The predicted molar refractivity (Wildman–Crippen MR) is 211 cm³/mol. The Balaban J connectivity index is 1.51. The van der Waals surface area contributed by atoms with Crippen LogP contribution >= 0.6 is 0 Å². The number of benzene rings is 4. The molecule has 0 N–H and O–H groups in total. The van der Waals surface area contributed by atoms with E-state index in [-0.39, 0.29) is 0 Å². The molecule has 2 aliphatic rings. The Morgan fingerprint density at radius 3 is 1.31 bits per heavy atom. The van der Waals surface area contributed by atoms with E-state index >= 15 is 0 Å². The molecule has 0 radical (unpaired) electrons. The van der Waals surface area contributed by atoms with Gasteiger partial charge in [-0.25, -0.2) is 0 Å². The van der Waals surface area contributed by atoms with E-state index < -0.39 is 26.6 Å². The Morgan fingerprint density at radius 2 is 0.938 bits per heavy atom. The summed E-state index contributed by atoms with van der Waals surface area (Å²) in [4.78, 5) is 0. The first-order chi connectivity index (χ1) is 23.3. The van der Waals surface area contributed by atoms with Crippen LogP contribution in [0.5, 0.6) is 0 Å². The third kappa shape index (κ3) is 6.78. The number of hydrogen-bond acceptors (Lipinski definition) is 0. The van der Waals surface area contributed by atoms with E-state index in [4.69, 9.17) is 0 Å². The molecule has 0 nitrogen and oxygen atoms in total. The summed E-state index contributed by atoms with van der Waals surface area (Å²) >= 11 is -2.47. The van der Waals surface area contributed by atoms with Crippen molar-refractivity contribution in [3.8, 4) is 22.3 Å². The minimum absolute atomic E-state index is 0.558. The monoisotopic (exact) mass is 817 g/mol. The van der Waals surface area contributed by atoms with E-state index in [0.29, 0.717) is 19.2 Å². The Kier molecular flexibility index (Phi) is 11.4. The minimum atomic E-state index is -2.47. The second kappa shape index (κ2) is 15.6. The summed E-state index contributed by atoms with van der Waals surface area (Å²) in [5, 5.41) is 0. The van der Waals surface area contributed by atoms with Crippen molar-refractivity contribution >= 4 is 18.1 Å². The van der Waals surface area contributed by atoms with E-state index in [1.807, 2.05) is 0 Å². The summed E-state index contributed by atoms with van der Waals surface area (Å²) in [5.74, 6) is 0.148. The normalized spacial score (nSPS) is 16.8. The van der Waals surface area contributed by atoms with Gasteiger partial charge < -0.3 is 0 Å². The fourth-order valence-corrected chi connectivity index (χ4v) is 41.8. The molecule has 0 saturated heterocycles. The van der Waals surface area contributed by atoms with Crippen molar-refractivity contribution in [3.63, 3.8) is 0 Å². The third-order valence-electron chi connectivity index (χ3n) is 11.1. The molecule has 0 spiro atoms. The molecule has 6 rings (SSSR count). The molecule has 0 heterocycles. The molecule has 0 fully saturated rings. The first kappa shape index (κ1) is 35.3. The van der Waals surface area contributed by atoms with Gasteiger partial charge in [-0.3, -0.25) is 0 Å². The Hall–Kier alpha value is -2.55. The van der Waals surface area contributed by atoms with Gasteiger partial charge in [0.25, 0.3) is 0 Å². The Labute approximate surface area is 300 Å². The number of hydrogen-bond donors (Lipinski definition) is 0. The van der Waals surface area contributed by atoms with Gasteiger partial charge in [-0.2, -0.15) is 0 Å². The molecule has 0 amide bonds. The molecule has 0 aromatic heterocycles. The molecule has 2 aliphatic carbocycles. The van der Waals surface area contributed by atoms with Gasteiger partial charge >= 0.3 is 303 Å². The van der Waals surface area contributed by atoms with E-state index in [1.165, 1.54) is 59.1 Å². The van der Waals surface area contributed by atoms with Gasteiger partial charge in [-0.1, -0.05) is 0 Å². The summed E-state index contributed by atoms with van der Waals surface area (Å²) in [6.45, 7) is 19.9. The average molecular weight is 817 g/mol. The molecule has 4 aromatic carbocycles. The van der Waals surface area contributed by atoms with Gasteiger partial charge in [0.1, 0.15) is 0 Å². The zero-order valence-corrected chi connectivity index (χ0v) is 35.6. The number of fused-ring (bicyclic) bond motifs is 2. The summed E-state index contributed by atoms with van der Waals surface area (Å²) in [5.41, 5.74) is 18.8. The van der Waals surface area contributed by atoms with Gasteiger partial charge in [-0.15, -0.1) is 0 Å². The van der Waals surface area contributed by atoms with Crippen molar-refractivity contribution in [2.45, 2.75) is 101 Å². The van der Waals surface area contributed by atoms with Crippen LogP contribution in [0.4, 0.5) is 0 Å². The summed E-state index contributed by atoms with van der Waals surface area (Å²) in [7, 11) is 0. The topological polar surface area (TPSA) is 0 Å². The van der Waals surface area contributed by atoms with Crippen LogP contribution in [0.25, 0.3) is 34.4 Å². The fourth-order valence-electron chi connectivity index (χ4n) is 8.63. The number of rotatable bonds is 13. The number of allylic oxidation sites excluding steroid dienone is 2. The molecule has 0 bridgehead atoms. The van der Waals surface area contributed by atoms with Crippen LogP contribution < -0.4 is 0 Å². The standard InChI is InChI=1S/2C22H25.C2H7Si.Hf/c2*1-4-5-9-17-10-6-7-12-20(17)21-13-8-11-18-14-19(16(2)3)15-22(18)21;1-3-2;/h2*6-8,10-16H,4-5,9H2,1-3H3;3H,1-2H3;. The SMILES string of the molecule is CCCCc1ccccc1-c1cccc2c1C=C(C(C)C)[CH]2[Hf]([CH]1C(C(C)C)=Cc2c(-c3ccccc3CCCC)cccc21)[SiH](C)C. The van der Waals surface area contributed by atoms with Crippen molar-refractivity contribution in [1.29, 1.82) is 0 Å². The molecule has 2 unspecified atom stereocenters. The average Bonchev–Trinajstić information content (AvgIpc) is 3.67. The quantitative estimate of drug-likeness (QED) is 0.118. The zero-order chi connectivity index (χ0) is 33.9. The second-order valence-electron chi connectivity index (χ2n) is 15.3. The molecule has 48 heavy (non-hydrogen) atoms. The van der Waals surface area contributed by atoms with Crippen molar-refractivity contribution in [2.75, 3.05) is 0 Å². The maximum absolute atomic E-state index is 2.72. The summed E-state index contributed by atoms with van der Waals surface area (Å²) in [6.07, 6.45) is 12.7. The van der Waals surface area contributed by atoms with Crippen LogP contribution in [-0.2, 0) is 33.4 Å². The van der Waals surface area contributed by atoms with Crippen molar-refractivity contribution < 1.29 is 20.6 Å². The summed E-state index contributed by atoms with van der Waals surface area (Å²) < 4.78 is 1.33. The van der Waals surface area contributed by atoms with Crippen LogP contribution in [0.3, 0.4) is 0 Å². The molecule has 2 heteroatoms. The van der Waals surface area contributed by atoms with Gasteiger partial charge in [0.2, 0.25) is 0 Å². The van der Waals surface area contributed by atoms with Gasteiger partial charge in [0, 0.05) is 0 Å². The van der Waals surface area contributed by atoms with E-state index in [0.717, 1.165) is 12.8 Å². The van der Waals surface area contributed by atoms with Crippen molar-refractivity contribution in [3.05, 3.63) is 129 Å².